The van der Waals surface area contributed by atoms with Crippen molar-refractivity contribution in [3.8, 4) is 17.3 Å². The molecule has 5 heterocycles. The van der Waals surface area contributed by atoms with E-state index < -0.39 is 0 Å². The molecule has 1 aromatic carbocycles. The van der Waals surface area contributed by atoms with Crippen LogP contribution >= 0.6 is 0 Å². The Morgan fingerprint density at radius 3 is 2.68 bits per heavy atom. The molecule has 4 aromatic heterocycles. The molecule has 0 atom stereocenters. The van der Waals surface area contributed by atoms with E-state index in [2.05, 4.69) is 30.9 Å². The lowest BCUT2D eigenvalue weighted by atomic mass is 10.2. The number of imidazole rings is 1. The lowest BCUT2D eigenvalue weighted by Crippen LogP contribution is -2.47. The van der Waals surface area contributed by atoms with Crippen LogP contribution in [-0.4, -0.2) is 84.7 Å². The van der Waals surface area contributed by atoms with Gasteiger partial charge >= 0.3 is 5.69 Å². The number of furan rings is 1. The molecule has 0 unspecified atom stereocenters. The zero-order valence-electron chi connectivity index (χ0n) is 21.0. The number of ether oxygens (including phenoxy) is 1. The predicted molar refractivity (Wildman–Crippen MR) is 141 cm³/mol. The smallest absolute Gasteiger partial charge is 0.330 e. The van der Waals surface area contributed by atoms with E-state index >= 15 is 0 Å². The number of benzene rings is 1. The molecule has 198 valence electrons. The summed E-state index contributed by atoms with van der Waals surface area (Å²) in [5.41, 5.74) is 8.65. The van der Waals surface area contributed by atoms with Crippen molar-refractivity contribution in [1.29, 1.82) is 0 Å². The highest BCUT2D eigenvalue weighted by atomic mass is 16.5. The maximum Gasteiger partial charge on any atom is 0.330 e. The summed E-state index contributed by atoms with van der Waals surface area (Å²) in [5, 5.41) is 13.4. The summed E-state index contributed by atoms with van der Waals surface area (Å²) in [6.45, 7) is 4.87. The van der Waals surface area contributed by atoms with Crippen molar-refractivity contribution in [3.05, 3.63) is 53.1 Å². The Hall–Kier alpha value is -4.36. The number of nitrogen functional groups attached to an aromatic ring is 1. The zero-order chi connectivity index (χ0) is 26.2. The number of rotatable bonds is 8. The SMILES string of the molecule is Cn1c(=O)n(CCN2CCN(c3cccc(OCCO)c3)CC2)c2nc(N)n3nc(-c4ccco4)nc3c21. The monoisotopic (exact) mass is 519 g/mol. The van der Waals surface area contributed by atoms with Gasteiger partial charge in [0.15, 0.2) is 17.1 Å². The number of aromatic nitrogens is 6. The lowest BCUT2D eigenvalue weighted by Gasteiger charge is -2.36. The summed E-state index contributed by atoms with van der Waals surface area (Å²) >= 11 is 0. The van der Waals surface area contributed by atoms with E-state index in [9.17, 15) is 4.79 Å². The molecule has 38 heavy (non-hydrogen) atoms. The van der Waals surface area contributed by atoms with Gasteiger partial charge in [-0.1, -0.05) is 6.07 Å². The van der Waals surface area contributed by atoms with Crippen molar-refractivity contribution in [1.82, 2.24) is 33.6 Å². The van der Waals surface area contributed by atoms with E-state index in [0.717, 1.165) is 37.6 Å². The molecule has 0 radical (unpaired) electrons. The highest BCUT2D eigenvalue weighted by molar-refractivity contribution is 5.88. The maximum atomic E-state index is 13.2. The Labute approximate surface area is 217 Å². The maximum absolute atomic E-state index is 13.2. The molecule has 5 aromatic rings. The van der Waals surface area contributed by atoms with E-state index in [4.69, 9.17) is 20.0 Å². The third kappa shape index (κ3) is 4.25. The van der Waals surface area contributed by atoms with Gasteiger partial charge in [0.05, 0.1) is 12.9 Å². The minimum absolute atomic E-state index is 0.0132. The van der Waals surface area contributed by atoms with Gasteiger partial charge in [-0.15, -0.1) is 5.10 Å². The Kier molecular flexibility index (Phi) is 6.21. The number of aliphatic hydroxyl groups is 1. The number of nitrogens with zero attached hydrogens (tertiary/aromatic N) is 8. The van der Waals surface area contributed by atoms with Gasteiger partial charge < -0.3 is 24.9 Å². The number of fused-ring (bicyclic) bond motifs is 3. The first kappa shape index (κ1) is 24.0. The van der Waals surface area contributed by atoms with Crippen LogP contribution < -0.4 is 21.1 Å². The van der Waals surface area contributed by atoms with Gasteiger partial charge in [-0.2, -0.15) is 9.50 Å². The van der Waals surface area contributed by atoms with Crippen molar-refractivity contribution >= 4 is 28.4 Å². The molecule has 1 saturated heterocycles. The van der Waals surface area contributed by atoms with Crippen molar-refractivity contribution in [2.75, 3.05) is 56.6 Å². The van der Waals surface area contributed by atoms with Crippen molar-refractivity contribution in [3.63, 3.8) is 0 Å². The standard InChI is InChI=1S/C25H29N9O4/c1-30-20-22(28-24(26)34-23(20)27-21(29-34)19-6-3-14-38-19)33(25(30)36)12-9-31-7-10-32(11-8-31)17-4-2-5-18(16-17)37-15-13-35/h2-6,14,16,35H,7-13,15H2,1H3,(H2,26,28). The first-order valence-electron chi connectivity index (χ1n) is 12.5. The summed E-state index contributed by atoms with van der Waals surface area (Å²) in [6, 6.07) is 11.4. The Bertz CT molecular complexity index is 1630. The molecule has 13 nitrogen and oxygen atoms in total. The summed E-state index contributed by atoms with van der Waals surface area (Å²) in [7, 11) is 1.71. The van der Waals surface area contributed by atoms with Crippen LogP contribution in [0.4, 0.5) is 11.6 Å². The molecule has 0 amide bonds. The molecule has 1 aliphatic rings. The van der Waals surface area contributed by atoms with Gasteiger partial charge in [-0.3, -0.25) is 14.0 Å². The molecule has 6 rings (SSSR count). The quantitative estimate of drug-likeness (QED) is 0.302. The van der Waals surface area contributed by atoms with Gasteiger partial charge in [0, 0.05) is 58.1 Å². The first-order chi connectivity index (χ1) is 18.5. The van der Waals surface area contributed by atoms with Gasteiger partial charge in [0.2, 0.25) is 11.8 Å². The third-order valence-corrected chi connectivity index (χ3v) is 6.87. The number of hydrogen-bond acceptors (Lipinski definition) is 10. The number of hydrogen-bond donors (Lipinski definition) is 2. The van der Waals surface area contributed by atoms with Crippen LogP contribution in [0.3, 0.4) is 0 Å². The number of aliphatic hydroxyl groups excluding tert-OH is 1. The fourth-order valence-electron chi connectivity index (χ4n) is 4.91. The number of nitrogens with two attached hydrogens (primary N) is 1. The van der Waals surface area contributed by atoms with Crippen LogP contribution in [-0.2, 0) is 13.6 Å². The summed E-state index contributed by atoms with van der Waals surface area (Å²) in [6.07, 6.45) is 1.55. The minimum atomic E-state index is -0.180. The third-order valence-electron chi connectivity index (χ3n) is 6.87. The normalized spacial score (nSPS) is 14.6. The van der Waals surface area contributed by atoms with E-state index in [1.165, 1.54) is 4.52 Å². The Morgan fingerprint density at radius 2 is 1.92 bits per heavy atom. The Balaban J connectivity index is 1.19. The summed E-state index contributed by atoms with van der Waals surface area (Å²) in [4.78, 5) is 27.0. The highest BCUT2D eigenvalue weighted by Crippen LogP contribution is 2.24. The fraction of sp³-hybridized carbons (Fsp3) is 0.360. The molecule has 0 bridgehead atoms. The lowest BCUT2D eigenvalue weighted by molar-refractivity contribution is 0.201. The Morgan fingerprint density at radius 1 is 1.08 bits per heavy atom. The zero-order valence-corrected chi connectivity index (χ0v) is 21.0. The topological polar surface area (TPSA) is 145 Å². The molecule has 1 aliphatic heterocycles. The molecule has 1 fully saturated rings. The second kappa shape index (κ2) is 9.84. The van der Waals surface area contributed by atoms with Crippen LogP contribution in [0.5, 0.6) is 5.75 Å². The molecular weight excluding hydrogens is 490 g/mol. The van der Waals surface area contributed by atoms with Crippen molar-refractivity contribution in [2.24, 2.45) is 7.05 Å². The minimum Gasteiger partial charge on any atom is -0.491 e. The van der Waals surface area contributed by atoms with Gasteiger partial charge in [0.1, 0.15) is 17.9 Å². The molecule has 3 N–H and O–H groups in total. The van der Waals surface area contributed by atoms with Crippen LogP contribution in [0.15, 0.2) is 51.9 Å². The van der Waals surface area contributed by atoms with Crippen LogP contribution in [0.1, 0.15) is 0 Å². The average molecular weight is 520 g/mol. The summed E-state index contributed by atoms with van der Waals surface area (Å²) in [5.74, 6) is 1.78. The number of anilines is 2. The van der Waals surface area contributed by atoms with Gasteiger partial charge in [-0.05, 0) is 24.3 Å². The second-order valence-electron chi connectivity index (χ2n) is 9.18. The molecule has 13 heteroatoms. The van der Waals surface area contributed by atoms with Gasteiger partial charge in [0.25, 0.3) is 0 Å². The number of piperazine rings is 1. The van der Waals surface area contributed by atoms with E-state index in [1.807, 2.05) is 18.2 Å². The largest absolute Gasteiger partial charge is 0.491 e. The molecular formula is C25H29N9O4. The van der Waals surface area contributed by atoms with E-state index in [-0.39, 0.29) is 24.9 Å². The summed E-state index contributed by atoms with van der Waals surface area (Å²) < 4.78 is 15.6. The highest BCUT2D eigenvalue weighted by Gasteiger charge is 2.23. The number of aryl methyl sites for hydroxylation is 1. The van der Waals surface area contributed by atoms with Crippen LogP contribution in [0.25, 0.3) is 28.4 Å². The average Bonchev–Trinajstić information content (AvgIpc) is 3.67. The van der Waals surface area contributed by atoms with E-state index in [1.54, 1.807) is 34.6 Å². The molecule has 0 aliphatic carbocycles. The first-order valence-corrected chi connectivity index (χ1v) is 12.5. The molecule has 0 saturated carbocycles. The van der Waals surface area contributed by atoms with Gasteiger partial charge in [-0.25, -0.2) is 9.78 Å². The van der Waals surface area contributed by atoms with E-state index in [0.29, 0.717) is 41.5 Å². The molecule has 0 spiro atoms. The van der Waals surface area contributed by atoms with Crippen molar-refractivity contribution < 1.29 is 14.3 Å². The fourth-order valence-corrected chi connectivity index (χ4v) is 4.91. The second-order valence-corrected chi connectivity index (χ2v) is 9.18. The van der Waals surface area contributed by atoms with Crippen LogP contribution in [0.2, 0.25) is 0 Å². The van der Waals surface area contributed by atoms with Crippen LogP contribution in [0, 0.1) is 0 Å². The van der Waals surface area contributed by atoms with Crippen molar-refractivity contribution in [2.45, 2.75) is 6.54 Å². The predicted octanol–water partition coefficient (Wildman–Crippen LogP) is 0.813.